The Morgan fingerprint density at radius 3 is 2.67 bits per heavy atom. The number of rotatable bonds is 4. The van der Waals surface area contributed by atoms with Gasteiger partial charge in [-0.25, -0.2) is 4.39 Å². The van der Waals surface area contributed by atoms with Crippen molar-refractivity contribution in [2.75, 3.05) is 42.1 Å². The van der Waals surface area contributed by atoms with Crippen LogP contribution in [0, 0.1) is 5.82 Å². The van der Waals surface area contributed by atoms with Crippen LogP contribution >= 0.6 is 11.8 Å². The first-order chi connectivity index (χ1) is 14.4. The van der Waals surface area contributed by atoms with Crippen LogP contribution in [-0.2, 0) is 5.54 Å². The molecule has 2 heterocycles. The van der Waals surface area contributed by atoms with Crippen LogP contribution in [0.2, 0.25) is 0 Å². The Morgan fingerprint density at radius 1 is 1.23 bits per heavy atom. The number of halogens is 1. The molecule has 1 unspecified atom stereocenters. The number of carbonyl (C=O) groups is 1. The molecule has 2 aromatic rings. The van der Waals surface area contributed by atoms with E-state index in [0.29, 0.717) is 28.4 Å². The summed E-state index contributed by atoms with van der Waals surface area (Å²) in [7, 11) is 0. The van der Waals surface area contributed by atoms with Crippen molar-refractivity contribution in [1.82, 2.24) is 5.32 Å². The molecule has 30 heavy (non-hydrogen) atoms. The number of benzene rings is 2. The second-order valence-corrected chi connectivity index (χ2v) is 8.87. The number of nitrogens with one attached hydrogen (secondary N) is 2. The van der Waals surface area contributed by atoms with Crippen LogP contribution in [-0.4, -0.2) is 43.0 Å². The molecule has 8 heteroatoms. The van der Waals surface area contributed by atoms with E-state index in [0.717, 1.165) is 37.6 Å². The zero-order chi connectivity index (χ0) is 21.1. The number of hydrogen-bond acceptors (Lipinski definition) is 6. The smallest absolute Gasteiger partial charge is 0.255 e. The lowest BCUT2D eigenvalue weighted by atomic mass is 9.89. The summed E-state index contributed by atoms with van der Waals surface area (Å²) >= 11 is 1.47. The minimum absolute atomic E-state index is 0.230. The van der Waals surface area contributed by atoms with Gasteiger partial charge in [-0.15, -0.1) is 0 Å². The van der Waals surface area contributed by atoms with E-state index in [9.17, 15) is 9.18 Å². The number of piperazine rings is 1. The lowest BCUT2D eigenvalue weighted by Gasteiger charge is -2.30. The van der Waals surface area contributed by atoms with Gasteiger partial charge in [-0.1, -0.05) is 11.8 Å². The molecule has 0 aromatic heterocycles. The predicted octanol–water partition coefficient (Wildman–Crippen LogP) is 3.15. The molecule has 0 bridgehead atoms. The van der Waals surface area contributed by atoms with Gasteiger partial charge in [0.25, 0.3) is 5.91 Å². The van der Waals surface area contributed by atoms with E-state index in [1.54, 1.807) is 12.1 Å². The molecule has 2 aliphatic heterocycles. The number of nitrogens with zero attached hydrogens (tertiary/aromatic N) is 2. The highest BCUT2D eigenvalue weighted by molar-refractivity contribution is 8.13. The summed E-state index contributed by atoms with van der Waals surface area (Å²) in [5.74, 6) is 0.201. The summed E-state index contributed by atoms with van der Waals surface area (Å²) in [6.07, 6.45) is 0.681. The lowest BCUT2D eigenvalue weighted by Crippen LogP contribution is -2.43. The standard InChI is InChI=1S/C22H26FN5OS/c1-22(8-13-30-21(24)27-22)18-14-16(4-7-19(18)23)26-20(29)15-2-5-17(6-3-15)28-11-9-25-10-12-28/h2-7,14,25H,8-13H2,1H3,(H2,24,27)(H,26,29). The fraction of sp³-hybridized carbons (Fsp3) is 0.364. The van der Waals surface area contributed by atoms with E-state index < -0.39 is 5.54 Å². The SMILES string of the molecule is CC1(c2cc(NC(=O)c3ccc(N4CCNCC4)cc3)ccc2F)CCSC(N)=N1. The maximum Gasteiger partial charge on any atom is 0.255 e. The van der Waals surface area contributed by atoms with Gasteiger partial charge in [-0.2, -0.15) is 0 Å². The fourth-order valence-electron chi connectivity index (χ4n) is 3.85. The number of aliphatic imine (C=N–C) groups is 1. The van der Waals surface area contributed by atoms with Crippen LogP contribution in [0.5, 0.6) is 0 Å². The quantitative estimate of drug-likeness (QED) is 0.698. The van der Waals surface area contributed by atoms with Crippen molar-refractivity contribution >= 4 is 34.2 Å². The second kappa shape index (κ2) is 8.65. The molecule has 2 aliphatic rings. The van der Waals surface area contributed by atoms with Gasteiger partial charge in [0.15, 0.2) is 5.17 Å². The first kappa shape index (κ1) is 20.7. The van der Waals surface area contributed by atoms with Gasteiger partial charge in [0.2, 0.25) is 0 Å². The molecule has 0 radical (unpaired) electrons. The molecule has 1 fully saturated rings. The number of anilines is 2. The van der Waals surface area contributed by atoms with Crippen molar-refractivity contribution in [3.63, 3.8) is 0 Å². The summed E-state index contributed by atoms with van der Waals surface area (Å²) in [5.41, 5.74) is 7.79. The number of nitrogens with two attached hydrogens (primary N) is 1. The topological polar surface area (TPSA) is 82.8 Å². The van der Waals surface area contributed by atoms with Gasteiger partial charge in [-0.3, -0.25) is 9.79 Å². The molecule has 1 saturated heterocycles. The maximum atomic E-state index is 14.6. The van der Waals surface area contributed by atoms with Crippen LogP contribution in [0.4, 0.5) is 15.8 Å². The average molecular weight is 428 g/mol. The number of amides is 1. The summed E-state index contributed by atoms with van der Waals surface area (Å²) in [6, 6.07) is 12.2. The minimum Gasteiger partial charge on any atom is -0.379 e. The number of carbonyl (C=O) groups excluding carboxylic acids is 1. The van der Waals surface area contributed by atoms with E-state index >= 15 is 0 Å². The Bertz CT molecular complexity index is 959. The molecule has 4 rings (SSSR count). The van der Waals surface area contributed by atoms with Crippen molar-refractivity contribution in [1.29, 1.82) is 0 Å². The summed E-state index contributed by atoms with van der Waals surface area (Å²) < 4.78 is 14.6. The van der Waals surface area contributed by atoms with Gasteiger partial charge in [0, 0.05) is 54.4 Å². The zero-order valence-electron chi connectivity index (χ0n) is 17.0. The molecular formula is C22H26FN5OS. The highest BCUT2D eigenvalue weighted by Crippen LogP contribution is 2.37. The highest BCUT2D eigenvalue weighted by Gasteiger charge is 2.32. The summed E-state index contributed by atoms with van der Waals surface area (Å²) in [6.45, 7) is 5.70. The average Bonchev–Trinajstić information content (AvgIpc) is 2.75. The van der Waals surface area contributed by atoms with Gasteiger partial charge in [-0.05, 0) is 55.8 Å². The van der Waals surface area contributed by atoms with E-state index in [2.05, 4.69) is 20.5 Å². The predicted molar refractivity (Wildman–Crippen MR) is 122 cm³/mol. The third kappa shape index (κ3) is 4.44. The molecule has 1 atom stereocenters. The molecule has 4 N–H and O–H groups in total. The fourth-order valence-corrected chi connectivity index (χ4v) is 4.82. The second-order valence-electron chi connectivity index (χ2n) is 7.76. The first-order valence-electron chi connectivity index (χ1n) is 10.1. The van der Waals surface area contributed by atoms with Crippen molar-refractivity contribution in [3.8, 4) is 0 Å². The Morgan fingerprint density at radius 2 is 1.97 bits per heavy atom. The summed E-state index contributed by atoms with van der Waals surface area (Å²) in [4.78, 5) is 19.5. The van der Waals surface area contributed by atoms with Crippen LogP contribution in [0.3, 0.4) is 0 Å². The largest absolute Gasteiger partial charge is 0.379 e. The van der Waals surface area contributed by atoms with Crippen molar-refractivity contribution in [2.45, 2.75) is 18.9 Å². The van der Waals surface area contributed by atoms with Gasteiger partial charge >= 0.3 is 0 Å². The monoisotopic (exact) mass is 427 g/mol. The number of amidine groups is 1. The van der Waals surface area contributed by atoms with Crippen LogP contribution in [0.15, 0.2) is 47.5 Å². The van der Waals surface area contributed by atoms with Crippen molar-refractivity contribution in [3.05, 3.63) is 59.4 Å². The van der Waals surface area contributed by atoms with E-state index in [1.807, 2.05) is 31.2 Å². The van der Waals surface area contributed by atoms with Crippen LogP contribution in [0.25, 0.3) is 0 Å². The highest BCUT2D eigenvalue weighted by atomic mass is 32.2. The first-order valence-corrected chi connectivity index (χ1v) is 11.1. The normalized spacial score (nSPS) is 21.8. The molecule has 6 nitrogen and oxygen atoms in total. The minimum atomic E-state index is -0.731. The van der Waals surface area contributed by atoms with Crippen LogP contribution in [0.1, 0.15) is 29.3 Å². The van der Waals surface area contributed by atoms with Crippen molar-refractivity contribution in [2.24, 2.45) is 10.7 Å². The molecular weight excluding hydrogens is 401 g/mol. The lowest BCUT2D eigenvalue weighted by molar-refractivity contribution is 0.102. The Kier molecular flexibility index (Phi) is 5.97. The Labute approximate surface area is 180 Å². The van der Waals surface area contributed by atoms with Gasteiger partial charge in [0.05, 0.1) is 5.54 Å². The number of thioether (sulfide) groups is 1. The molecule has 1 amide bonds. The molecule has 158 valence electrons. The molecule has 2 aromatic carbocycles. The van der Waals surface area contributed by atoms with Gasteiger partial charge in [0.1, 0.15) is 5.82 Å². The summed E-state index contributed by atoms with van der Waals surface area (Å²) in [5, 5.41) is 6.67. The molecule has 0 spiro atoms. The van der Waals surface area contributed by atoms with E-state index in [4.69, 9.17) is 5.73 Å². The molecule has 0 saturated carbocycles. The maximum absolute atomic E-state index is 14.6. The third-order valence-corrected chi connectivity index (χ3v) is 6.41. The Hall–Kier alpha value is -2.58. The van der Waals surface area contributed by atoms with Crippen LogP contribution < -0.4 is 21.3 Å². The van der Waals surface area contributed by atoms with Gasteiger partial charge < -0.3 is 21.3 Å². The van der Waals surface area contributed by atoms with E-state index in [-0.39, 0.29) is 11.7 Å². The Balaban J connectivity index is 1.50. The zero-order valence-corrected chi connectivity index (χ0v) is 17.8. The van der Waals surface area contributed by atoms with E-state index in [1.165, 1.54) is 17.8 Å². The third-order valence-electron chi connectivity index (χ3n) is 5.61. The van der Waals surface area contributed by atoms with Crippen molar-refractivity contribution < 1.29 is 9.18 Å². The molecule has 0 aliphatic carbocycles. The number of hydrogen-bond donors (Lipinski definition) is 3.